The molecule has 1 aliphatic rings. The summed E-state index contributed by atoms with van der Waals surface area (Å²) in [4.78, 5) is 37.7. The fourth-order valence-electron chi connectivity index (χ4n) is 3.02. The molecule has 140 valence electrons. The number of nitrogens with one attached hydrogen (secondary N) is 1. The standard InChI is InChI=1S/C20H20N2O5/c1-12-3-4-13(20(25)26)9-17(12)21-19(24)14-10-18(23)22(11-14)15-5-7-16(27-2)8-6-15/h3-9,14H,10-11H2,1-2H3,(H,21,24)(H,25,26). The van der Waals surface area contributed by atoms with Crippen LogP contribution < -0.4 is 15.0 Å². The molecule has 2 N–H and O–H groups in total. The molecule has 0 aliphatic carbocycles. The van der Waals surface area contributed by atoms with Crippen molar-refractivity contribution in [3.8, 4) is 5.75 Å². The molecule has 2 amide bonds. The maximum absolute atomic E-state index is 12.6. The monoisotopic (exact) mass is 368 g/mol. The second-order valence-corrected chi connectivity index (χ2v) is 6.43. The van der Waals surface area contributed by atoms with Crippen LogP contribution in [0.15, 0.2) is 42.5 Å². The molecule has 2 aromatic rings. The smallest absolute Gasteiger partial charge is 0.335 e. The molecule has 1 saturated heterocycles. The Morgan fingerprint density at radius 2 is 1.89 bits per heavy atom. The zero-order chi connectivity index (χ0) is 19.6. The highest BCUT2D eigenvalue weighted by atomic mass is 16.5. The molecule has 0 bridgehead atoms. The van der Waals surface area contributed by atoms with Crippen molar-refractivity contribution in [2.45, 2.75) is 13.3 Å². The topological polar surface area (TPSA) is 95.9 Å². The van der Waals surface area contributed by atoms with Crippen molar-refractivity contribution in [1.82, 2.24) is 0 Å². The van der Waals surface area contributed by atoms with Crippen LogP contribution in [0.5, 0.6) is 5.75 Å². The van der Waals surface area contributed by atoms with Gasteiger partial charge in [0.25, 0.3) is 0 Å². The summed E-state index contributed by atoms with van der Waals surface area (Å²) in [6, 6.07) is 11.6. The van der Waals surface area contributed by atoms with E-state index in [4.69, 9.17) is 9.84 Å². The Kier molecular flexibility index (Phi) is 5.12. The van der Waals surface area contributed by atoms with E-state index in [9.17, 15) is 14.4 Å². The van der Waals surface area contributed by atoms with Crippen molar-refractivity contribution in [2.75, 3.05) is 23.9 Å². The van der Waals surface area contributed by atoms with Crippen LogP contribution in [0.25, 0.3) is 0 Å². The molecule has 27 heavy (non-hydrogen) atoms. The number of ether oxygens (including phenoxy) is 1. The van der Waals surface area contributed by atoms with Gasteiger partial charge in [-0.1, -0.05) is 6.07 Å². The average Bonchev–Trinajstić information content (AvgIpc) is 3.05. The minimum atomic E-state index is -1.06. The number of rotatable bonds is 5. The summed E-state index contributed by atoms with van der Waals surface area (Å²) in [5.41, 5.74) is 2.00. The summed E-state index contributed by atoms with van der Waals surface area (Å²) >= 11 is 0. The Bertz CT molecular complexity index is 892. The highest BCUT2D eigenvalue weighted by molar-refractivity contribution is 6.04. The zero-order valence-corrected chi connectivity index (χ0v) is 15.1. The Morgan fingerprint density at radius 3 is 2.52 bits per heavy atom. The van der Waals surface area contributed by atoms with Crippen molar-refractivity contribution in [2.24, 2.45) is 5.92 Å². The van der Waals surface area contributed by atoms with Gasteiger partial charge in [0, 0.05) is 24.3 Å². The first kappa shape index (κ1) is 18.4. The molecule has 0 radical (unpaired) electrons. The molecule has 1 atom stereocenters. The third kappa shape index (κ3) is 3.92. The van der Waals surface area contributed by atoms with E-state index in [0.717, 1.165) is 5.56 Å². The number of methoxy groups -OCH3 is 1. The maximum Gasteiger partial charge on any atom is 0.335 e. The summed E-state index contributed by atoms with van der Waals surface area (Å²) in [7, 11) is 1.57. The van der Waals surface area contributed by atoms with Gasteiger partial charge in [-0.25, -0.2) is 4.79 Å². The zero-order valence-electron chi connectivity index (χ0n) is 15.1. The molecule has 7 nitrogen and oxygen atoms in total. The summed E-state index contributed by atoms with van der Waals surface area (Å²) in [5, 5.41) is 11.9. The number of carbonyl (C=O) groups excluding carboxylic acids is 2. The van der Waals surface area contributed by atoms with Gasteiger partial charge in [-0.3, -0.25) is 9.59 Å². The number of hydrogen-bond acceptors (Lipinski definition) is 4. The van der Waals surface area contributed by atoms with E-state index in [1.165, 1.54) is 12.1 Å². The van der Waals surface area contributed by atoms with Gasteiger partial charge in [0.15, 0.2) is 0 Å². The number of amides is 2. The SMILES string of the molecule is COc1ccc(N2CC(C(=O)Nc3cc(C(=O)O)ccc3C)CC2=O)cc1. The normalized spacial score (nSPS) is 16.3. The van der Waals surface area contributed by atoms with E-state index in [2.05, 4.69) is 5.32 Å². The van der Waals surface area contributed by atoms with Crippen molar-refractivity contribution in [3.63, 3.8) is 0 Å². The first-order valence-corrected chi connectivity index (χ1v) is 8.48. The van der Waals surface area contributed by atoms with Crippen molar-refractivity contribution in [3.05, 3.63) is 53.6 Å². The molecular formula is C20H20N2O5. The van der Waals surface area contributed by atoms with Gasteiger partial charge in [0.2, 0.25) is 11.8 Å². The van der Waals surface area contributed by atoms with Gasteiger partial charge >= 0.3 is 5.97 Å². The Morgan fingerprint density at radius 1 is 1.19 bits per heavy atom. The van der Waals surface area contributed by atoms with Crippen molar-refractivity contribution in [1.29, 1.82) is 0 Å². The van der Waals surface area contributed by atoms with E-state index >= 15 is 0 Å². The average molecular weight is 368 g/mol. The van der Waals surface area contributed by atoms with Crippen molar-refractivity contribution >= 4 is 29.2 Å². The Balaban J connectivity index is 1.72. The maximum atomic E-state index is 12.6. The summed E-state index contributed by atoms with van der Waals surface area (Å²) in [6.07, 6.45) is 0.107. The lowest BCUT2D eigenvalue weighted by Crippen LogP contribution is -2.28. The number of hydrogen-bond donors (Lipinski definition) is 2. The predicted octanol–water partition coefficient (Wildman–Crippen LogP) is 2.69. The fourth-order valence-corrected chi connectivity index (χ4v) is 3.02. The van der Waals surface area contributed by atoms with Gasteiger partial charge in [-0.05, 0) is 48.9 Å². The molecule has 2 aromatic carbocycles. The van der Waals surface area contributed by atoms with E-state index in [0.29, 0.717) is 17.1 Å². The molecule has 1 fully saturated rings. The van der Waals surface area contributed by atoms with E-state index < -0.39 is 11.9 Å². The number of aryl methyl sites for hydroxylation is 1. The van der Waals surface area contributed by atoms with Gasteiger partial charge in [0.05, 0.1) is 18.6 Å². The Labute approximate surface area is 156 Å². The van der Waals surface area contributed by atoms with Crippen LogP contribution in [0.3, 0.4) is 0 Å². The summed E-state index contributed by atoms with van der Waals surface area (Å²) in [6.45, 7) is 2.05. The lowest BCUT2D eigenvalue weighted by Gasteiger charge is -2.17. The third-order valence-electron chi connectivity index (χ3n) is 4.62. The number of anilines is 2. The molecule has 0 aromatic heterocycles. The first-order chi connectivity index (χ1) is 12.9. The number of carboxylic acids is 1. The van der Waals surface area contributed by atoms with Crippen molar-refractivity contribution < 1.29 is 24.2 Å². The minimum absolute atomic E-state index is 0.0956. The molecule has 1 unspecified atom stereocenters. The molecule has 0 spiro atoms. The number of carboxylic acid groups (broad SMARTS) is 1. The predicted molar refractivity (Wildman–Crippen MR) is 100 cm³/mol. The van der Waals surface area contributed by atoms with Crippen LogP contribution in [-0.2, 0) is 9.59 Å². The number of carbonyl (C=O) groups is 3. The van der Waals surface area contributed by atoms with Crippen LogP contribution >= 0.6 is 0 Å². The van der Waals surface area contributed by atoms with Gasteiger partial charge in [-0.2, -0.15) is 0 Å². The summed E-state index contributed by atoms with van der Waals surface area (Å²) < 4.78 is 5.11. The van der Waals surface area contributed by atoms with Gasteiger partial charge < -0.3 is 20.1 Å². The summed E-state index contributed by atoms with van der Waals surface area (Å²) in [5.74, 6) is -1.31. The molecule has 0 saturated carbocycles. The molecule has 1 aliphatic heterocycles. The lowest BCUT2D eigenvalue weighted by atomic mass is 10.1. The van der Waals surface area contributed by atoms with Crippen LogP contribution in [0.2, 0.25) is 0 Å². The highest BCUT2D eigenvalue weighted by Crippen LogP contribution is 2.28. The highest BCUT2D eigenvalue weighted by Gasteiger charge is 2.35. The minimum Gasteiger partial charge on any atom is -0.497 e. The van der Waals surface area contributed by atoms with Crippen LogP contribution in [0.1, 0.15) is 22.3 Å². The second-order valence-electron chi connectivity index (χ2n) is 6.43. The quantitative estimate of drug-likeness (QED) is 0.846. The molecule has 1 heterocycles. The first-order valence-electron chi connectivity index (χ1n) is 8.48. The fraction of sp³-hybridized carbons (Fsp3) is 0.250. The number of benzene rings is 2. The van der Waals surface area contributed by atoms with E-state index in [1.807, 2.05) is 0 Å². The van der Waals surface area contributed by atoms with Gasteiger partial charge in [0.1, 0.15) is 5.75 Å². The molecule has 3 rings (SSSR count). The van der Waals surface area contributed by atoms with Crippen LogP contribution in [-0.4, -0.2) is 36.5 Å². The van der Waals surface area contributed by atoms with Gasteiger partial charge in [-0.15, -0.1) is 0 Å². The molecular weight excluding hydrogens is 348 g/mol. The largest absolute Gasteiger partial charge is 0.497 e. The third-order valence-corrected chi connectivity index (χ3v) is 4.62. The van der Waals surface area contributed by atoms with Crippen LogP contribution in [0.4, 0.5) is 11.4 Å². The number of nitrogens with zero attached hydrogens (tertiary/aromatic N) is 1. The van der Waals surface area contributed by atoms with Crippen LogP contribution in [0, 0.1) is 12.8 Å². The number of aromatic carboxylic acids is 1. The lowest BCUT2D eigenvalue weighted by molar-refractivity contribution is -0.122. The second kappa shape index (κ2) is 7.49. The molecule has 7 heteroatoms. The van der Waals surface area contributed by atoms with E-state index in [-0.39, 0.29) is 30.3 Å². The Hall–Kier alpha value is -3.35. The van der Waals surface area contributed by atoms with E-state index in [1.54, 1.807) is 49.3 Å².